The van der Waals surface area contributed by atoms with Gasteiger partial charge in [0.05, 0.1) is 17.9 Å². The summed E-state index contributed by atoms with van der Waals surface area (Å²) in [5.74, 6) is 0.845. The zero-order valence-electron chi connectivity index (χ0n) is 16.6. The Morgan fingerprint density at radius 3 is 2.83 bits per heavy atom. The number of hydrogen-bond donors (Lipinski definition) is 1. The van der Waals surface area contributed by atoms with Crippen LogP contribution < -0.4 is 15.0 Å². The van der Waals surface area contributed by atoms with Gasteiger partial charge in [0.25, 0.3) is 5.91 Å². The molecule has 1 N–H and O–H groups in total. The van der Waals surface area contributed by atoms with Gasteiger partial charge in [0.2, 0.25) is 0 Å². The maximum atomic E-state index is 12.5. The Hall–Kier alpha value is -2.86. The van der Waals surface area contributed by atoms with Crippen LogP contribution in [0, 0.1) is 0 Å². The van der Waals surface area contributed by atoms with E-state index in [0.717, 1.165) is 46.5 Å². The molecule has 3 aromatic rings. The molecule has 3 heterocycles. The van der Waals surface area contributed by atoms with Crippen LogP contribution in [0.4, 0.5) is 10.8 Å². The second kappa shape index (κ2) is 6.88. The molecular weight excluding hydrogens is 382 g/mol. The molecule has 2 aliphatic rings. The lowest BCUT2D eigenvalue weighted by molar-refractivity contribution is 0.0901. The largest absolute Gasteiger partial charge is 0.490 e. The normalized spacial score (nSPS) is 17.2. The Labute approximate surface area is 174 Å². The van der Waals surface area contributed by atoms with E-state index in [1.54, 1.807) is 0 Å². The molecule has 5 rings (SSSR count). The van der Waals surface area contributed by atoms with Crippen molar-refractivity contribution >= 4 is 28.1 Å². The predicted molar refractivity (Wildman–Crippen MR) is 116 cm³/mol. The summed E-state index contributed by atoms with van der Waals surface area (Å²) in [5, 5.41) is 3.94. The number of nitrogens with zero attached hydrogens (tertiary/aromatic N) is 2. The summed E-state index contributed by atoms with van der Waals surface area (Å²) in [5.41, 5.74) is 4.16. The third kappa shape index (κ3) is 3.49. The average Bonchev–Trinajstić information content (AvgIpc) is 3.11. The number of carbonyl (C=O) groups is 1. The molecule has 29 heavy (non-hydrogen) atoms. The van der Waals surface area contributed by atoms with Gasteiger partial charge in [0.15, 0.2) is 5.13 Å². The molecule has 0 saturated heterocycles. The first kappa shape index (κ1) is 18.2. The first-order valence-electron chi connectivity index (χ1n) is 9.88. The lowest BCUT2D eigenvalue weighted by Gasteiger charge is -2.30. The van der Waals surface area contributed by atoms with Gasteiger partial charge >= 0.3 is 0 Å². The van der Waals surface area contributed by atoms with Gasteiger partial charge in [0, 0.05) is 12.0 Å². The molecule has 0 aliphatic carbocycles. The van der Waals surface area contributed by atoms with Gasteiger partial charge in [-0.05, 0) is 43.5 Å². The van der Waals surface area contributed by atoms with Crippen molar-refractivity contribution in [2.24, 2.45) is 0 Å². The number of carbonyl (C=O) groups excluding carboxylic acids is 1. The van der Waals surface area contributed by atoms with Crippen LogP contribution in [0.2, 0.25) is 0 Å². The van der Waals surface area contributed by atoms with Crippen molar-refractivity contribution in [3.8, 4) is 5.75 Å². The molecule has 0 spiro atoms. The second-order valence-corrected chi connectivity index (χ2v) is 9.23. The second-order valence-electron chi connectivity index (χ2n) is 8.25. The van der Waals surface area contributed by atoms with Crippen molar-refractivity contribution < 1.29 is 9.53 Å². The van der Waals surface area contributed by atoms with Crippen molar-refractivity contribution in [2.45, 2.75) is 32.2 Å². The molecular formula is C23H23N3O2S. The Bertz CT molecular complexity index is 1070. The summed E-state index contributed by atoms with van der Waals surface area (Å²) >= 11 is 1.47. The summed E-state index contributed by atoms with van der Waals surface area (Å²) in [6.07, 6.45) is 1.61. The van der Waals surface area contributed by atoms with Crippen molar-refractivity contribution in [1.29, 1.82) is 0 Å². The number of aromatic nitrogens is 1. The number of fused-ring (bicyclic) bond motifs is 2. The average molecular weight is 406 g/mol. The Morgan fingerprint density at radius 1 is 1.17 bits per heavy atom. The molecule has 0 radical (unpaired) electrons. The number of rotatable bonds is 3. The molecule has 148 valence electrons. The molecule has 0 atom stereocenters. The van der Waals surface area contributed by atoms with Crippen molar-refractivity contribution in [2.75, 3.05) is 18.1 Å². The quantitative estimate of drug-likeness (QED) is 0.705. The highest BCUT2D eigenvalue weighted by Gasteiger charge is 2.34. The minimum atomic E-state index is -0.263. The Balaban J connectivity index is 1.49. The summed E-state index contributed by atoms with van der Waals surface area (Å²) in [7, 11) is 0. The van der Waals surface area contributed by atoms with Crippen LogP contribution in [0.25, 0.3) is 0 Å². The number of amides is 1. The predicted octanol–water partition coefficient (Wildman–Crippen LogP) is 4.33. The smallest absolute Gasteiger partial charge is 0.263 e. The summed E-state index contributed by atoms with van der Waals surface area (Å²) in [6.45, 7) is 5.39. The number of benzene rings is 2. The maximum absolute atomic E-state index is 12.5. The van der Waals surface area contributed by atoms with E-state index in [9.17, 15) is 4.79 Å². The fourth-order valence-corrected chi connectivity index (χ4v) is 5.00. The van der Waals surface area contributed by atoms with Gasteiger partial charge < -0.3 is 15.0 Å². The highest BCUT2D eigenvalue weighted by molar-refractivity contribution is 7.17. The van der Waals surface area contributed by atoms with Crippen LogP contribution in [-0.2, 0) is 12.8 Å². The molecule has 5 nitrogen and oxygen atoms in total. The molecule has 2 aromatic carbocycles. The molecule has 1 aromatic heterocycles. The Kier molecular flexibility index (Phi) is 4.32. The minimum Gasteiger partial charge on any atom is -0.490 e. The minimum absolute atomic E-state index is 0.0219. The first-order valence-corrected chi connectivity index (χ1v) is 10.7. The van der Waals surface area contributed by atoms with Gasteiger partial charge in [-0.15, -0.1) is 0 Å². The van der Waals surface area contributed by atoms with Crippen LogP contribution in [0.3, 0.4) is 0 Å². The highest BCUT2D eigenvalue weighted by atomic mass is 32.1. The van der Waals surface area contributed by atoms with Crippen LogP contribution in [0.5, 0.6) is 5.75 Å². The third-order valence-electron chi connectivity index (χ3n) is 5.32. The van der Waals surface area contributed by atoms with E-state index in [1.165, 1.54) is 22.5 Å². The van der Waals surface area contributed by atoms with Crippen LogP contribution in [0.15, 0.2) is 48.5 Å². The zero-order valence-corrected chi connectivity index (χ0v) is 17.4. The molecule has 0 fully saturated rings. The molecule has 2 aliphatic heterocycles. The van der Waals surface area contributed by atoms with Gasteiger partial charge in [-0.2, -0.15) is 0 Å². The van der Waals surface area contributed by atoms with E-state index < -0.39 is 0 Å². The highest BCUT2D eigenvalue weighted by Crippen LogP contribution is 2.41. The molecule has 0 saturated carbocycles. The molecule has 0 bridgehead atoms. The van der Waals surface area contributed by atoms with Gasteiger partial charge in [0.1, 0.15) is 17.2 Å². The van der Waals surface area contributed by atoms with Gasteiger partial charge in [-0.25, -0.2) is 4.98 Å². The number of nitrogens with one attached hydrogen (secondary N) is 1. The van der Waals surface area contributed by atoms with E-state index in [2.05, 4.69) is 46.6 Å². The molecule has 6 heteroatoms. The first-order chi connectivity index (χ1) is 14.0. The van der Waals surface area contributed by atoms with Crippen molar-refractivity contribution in [3.63, 3.8) is 0 Å². The zero-order chi connectivity index (χ0) is 20.0. The third-order valence-corrected chi connectivity index (χ3v) is 6.44. The monoisotopic (exact) mass is 405 g/mol. The topological polar surface area (TPSA) is 54.5 Å². The SMILES string of the molecule is CC1(C)Cc2nc(N3CCOc4ccc(Cc5ccccc5)cc43)sc2C(=O)N1. The van der Waals surface area contributed by atoms with E-state index in [1.807, 2.05) is 26.0 Å². The van der Waals surface area contributed by atoms with Crippen LogP contribution >= 0.6 is 11.3 Å². The standard InChI is InChI=1S/C23H23N3O2S/c1-23(2)14-17-20(21(27)25-23)29-22(24-17)26-10-11-28-19-9-8-16(13-18(19)26)12-15-6-4-3-5-7-15/h3-9,13H,10-12,14H2,1-2H3,(H,25,27). The summed E-state index contributed by atoms with van der Waals surface area (Å²) in [4.78, 5) is 20.3. The van der Waals surface area contributed by atoms with E-state index in [-0.39, 0.29) is 11.4 Å². The van der Waals surface area contributed by atoms with Crippen LogP contribution in [0.1, 0.15) is 40.3 Å². The van der Waals surface area contributed by atoms with Gasteiger partial charge in [-0.3, -0.25) is 4.79 Å². The fraction of sp³-hybridized carbons (Fsp3) is 0.304. The maximum Gasteiger partial charge on any atom is 0.263 e. The van der Waals surface area contributed by atoms with Crippen LogP contribution in [-0.4, -0.2) is 29.6 Å². The number of anilines is 2. The lowest BCUT2D eigenvalue weighted by atomic mass is 9.94. The van der Waals surface area contributed by atoms with Crippen molar-refractivity contribution in [1.82, 2.24) is 10.3 Å². The van der Waals surface area contributed by atoms with Crippen molar-refractivity contribution in [3.05, 3.63) is 70.2 Å². The summed E-state index contributed by atoms with van der Waals surface area (Å²) in [6, 6.07) is 16.8. The Morgan fingerprint density at radius 2 is 2.00 bits per heavy atom. The lowest BCUT2D eigenvalue weighted by Crippen LogP contribution is -2.48. The fourth-order valence-electron chi connectivity index (χ4n) is 3.98. The summed E-state index contributed by atoms with van der Waals surface area (Å²) < 4.78 is 5.89. The number of hydrogen-bond acceptors (Lipinski definition) is 5. The van der Waals surface area contributed by atoms with Gasteiger partial charge in [-0.1, -0.05) is 47.7 Å². The van der Waals surface area contributed by atoms with E-state index in [0.29, 0.717) is 6.61 Å². The number of thiazole rings is 1. The molecule has 1 amide bonds. The number of ether oxygens (including phenoxy) is 1. The van der Waals surface area contributed by atoms with E-state index in [4.69, 9.17) is 9.72 Å². The van der Waals surface area contributed by atoms with E-state index >= 15 is 0 Å². The molecule has 0 unspecified atom stereocenters.